The van der Waals surface area contributed by atoms with E-state index in [4.69, 9.17) is 0 Å². The Kier molecular flexibility index (Phi) is 10.4. The zero-order valence-electron chi connectivity index (χ0n) is 21.4. The van der Waals surface area contributed by atoms with Gasteiger partial charge in [0.25, 0.3) is 0 Å². The molecule has 0 saturated heterocycles. The van der Waals surface area contributed by atoms with Crippen LogP contribution < -0.4 is 5.32 Å². The van der Waals surface area contributed by atoms with Gasteiger partial charge < -0.3 is 10.2 Å². The van der Waals surface area contributed by atoms with E-state index >= 15 is 0 Å². The molecule has 0 aliphatic heterocycles. The number of amides is 2. The molecule has 0 spiro atoms. The fraction of sp³-hybridized carbons (Fsp3) is 0.310. The smallest absolute Gasteiger partial charge is 0.243 e. The Morgan fingerprint density at radius 2 is 1.38 bits per heavy atom. The zero-order chi connectivity index (χ0) is 26.7. The summed E-state index contributed by atoms with van der Waals surface area (Å²) >= 11 is 0. The van der Waals surface area contributed by atoms with Crippen molar-refractivity contribution in [1.82, 2.24) is 14.5 Å². The van der Waals surface area contributed by atoms with Gasteiger partial charge in [-0.15, -0.1) is 0 Å². The van der Waals surface area contributed by atoms with Crippen LogP contribution in [0.3, 0.4) is 0 Å². The zero-order valence-corrected chi connectivity index (χ0v) is 22.2. The number of nitrogens with one attached hydrogen (secondary N) is 1. The molecule has 0 aliphatic carbocycles. The van der Waals surface area contributed by atoms with Gasteiger partial charge in [-0.2, -0.15) is 0 Å². The summed E-state index contributed by atoms with van der Waals surface area (Å²) in [6, 6.07) is 26.7. The first-order chi connectivity index (χ1) is 17.8. The lowest BCUT2D eigenvalue weighted by Gasteiger charge is -2.31. The fourth-order valence-corrected chi connectivity index (χ4v) is 5.35. The van der Waals surface area contributed by atoms with Crippen molar-refractivity contribution in [2.24, 2.45) is 0 Å². The predicted molar refractivity (Wildman–Crippen MR) is 145 cm³/mol. The van der Waals surface area contributed by atoms with Gasteiger partial charge in [0.2, 0.25) is 21.8 Å². The number of benzene rings is 3. The number of carbonyl (C=O) groups excluding carboxylic acids is 2. The lowest BCUT2D eigenvalue weighted by molar-refractivity contribution is -0.141. The second-order valence-electron chi connectivity index (χ2n) is 8.85. The first kappa shape index (κ1) is 28.1. The van der Waals surface area contributed by atoms with Gasteiger partial charge >= 0.3 is 0 Å². The highest BCUT2D eigenvalue weighted by atomic mass is 32.2. The van der Waals surface area contributed by atoms with Crippen LogP contribution in [-0.4, -0.2) is 55.6 Å². The molecule has 7 nitrogen and oxygen atoms in total. The Balaban J connectivity index is 1.77. The van der Waals surface area contributed by atoms with E-state index in [1.807, 2.05) is 67.6 Å². The topological polar surface area (TPSA) is 86.8 Å². The fourth-order valence-electron chi connectivity index (χ4n) is 4.12. The Morgan fingerprint density at radius 1 is 0.838 bits per heavy atom. The van der Waals surface area contributed by atoms with Crippen molar-refractivity contribution < 1.29 is 18.0 Å². The maximum Gasteiger partial charge on any atom is 0.243 e. The summed E-state index contributed by atoms with van der Waals surface area (Å²) in [5.74, 6) is -0.402. The van der Waals surface area contributed by atoms with E-state index in [1.165, 1.54) is 11.4 Å². The van der Waals surface area contributed by atoms with Gasteiger partial charge in [0.15, 0.2) is 0 Å². The molecule has 37 heavy (non-hydrogen) atoms. The van der Waals surface area contributed by atoms with Crippen LogP contribution in [0.15, 0.2) is 95.9 Å². The van der Waals surface area contributed by atoms with Crippen LogP contribution in [0.25, 0.3) is 0 Å². The van der Waals surface area contributed by atoms with Crippen LogP contribution in [0, 0.1) is 0 Å². The van der Waals surface area contributed by atoms with Crippen molar-refractivity contribution in [2.75, 3.05) is 20.1 Å². The molecule has 196 valence electrons. The number of nitrogens with zero attached hydrogens (tertiary/aromatic N) is 2. The Bertz CT molecular complexity index is 1240. The second-order valence-corrected chi connectivity index (χ2v) is 10.9. The molecule has 0 unspecified atom stereocenters. The van der Waals surface area contributed by atoms with E-state index < -0.39 is 16.1 Å². The molecule has 3 aromatic carbocycles. The van der Waals surface area contributed by atoms with Gasteiger partial charge in [0.05, 0.1) is 4.90 Å². The number of hydrogen-bond donors (Lipinski definition) is 1. The van der Waals surface area contributed by atoms with E-state index in [9.17, 15) is 18.0 Å². The third-order valence-corrected chi connectivity index (χ3v) is 8.00. The van der Waals surface area contributed by atoms with Crippen LogP contribution >= 0.6 is 0 Å². The highest BCUT2D eigenvalue weighted by Crippen LogP contribution is 2.18. The van der Waals surface area contributed by atoms with Crippen molar-refractivity contribution in [3.05, 3.63) is 102 Å². The van der Waals surface area contributed by atoms with Crippen molar-refractivity contribution in [3.63, 3.8) is 0 Å². The van der Waals surface area contributed by atoms with E-state index in [2.05, 4.69) is 5.32 Å². The molecule has 1 N–H and O–H groups in total. The first-order valence-electron chi connectivity index (χ1n) is 12.5. The quantitative estimate of drug-likeness (QED) is 0.370. The summed E-state index contributed by atoms with van der Waals surface area (Å²) in [6.07, 6.45) is 0.833. The van der Waals surface area contributed by atoms with E-state index in [0.29, 0.717) is 19.4 Å². The summed E-state index contributed by atoms with van der Waals surface area (Å²) in [7, 11) is -2.12. The molecule has 0 aliphatic rings. The van der Waals surface area contributed by atoms with Gasteiger partial charge in [-0.25, -0.2) is 12.7 Å². The second kappa shape index (κ2) is 13.7. The van der Waals surface area contributed by atoms with Gasteiger partial charge in [-0.1, -0.05) is 78.9 Å². The molecule has 1 atom stereocenters. The molecule has 0 fully saturated rings. The van der Waals surface area contributed by atoms with E-state index in [0.717, 1.165) is 11.1 Å². The third kappa shape index (κ3) is 8.00. The molecule has 3 aromatic rings. The summed E-state index contributed by atoms with van der Waals surface area (Å²) < 4.78 is 26.9. The van der Waals surface area contributed by atoms with Crippen molar-refractivity contribution >= 4 is 21.8 Å². The average molecular weight is 522 g/mol. The monoisotopic (exact) mass is 521 g/mol. The molecule has 8 heteroatoms. The minimum Gasteiger partial charge on any atom is -0.355 e. The number of sulfonamides is 1. The number of rotatable bonds is 13. The predicted octanol–water partition coefficient (Wildman–Crippen LogP) is 3.86. The van der Waals surface area contributed by atoms with Crippen molar-refractivity contribution in [1.29, 1.82) is 0 Å². The normalized spacial score (nSPS) is 12.2. The van der Waals surface area contributed by atoms with Crippen LogP contribution in [0.1, 0.15) is 30.9 Å². The van der Waals surface area contributed by atoms with Gasteiger partial charge in [0.1, 0.15) is 6.04 Å². The van der Waals surface area contributed by atoms with Crippen LogP contribution in [0.4, 0.5) is 0 Å². The van der Waals surface area contributed by atoms with Crippen molar-refractivity contribution in [2.45, 2.75) is 43.7 Å². The molecule has 0 aromatic heterocycles. The molecule has 2 amide bonds. The van der Waals surface area contributed by atoms with E-state index in [1.54, 1.807) is 35.2 Å². The number of hydrogen-bond acceptors (Lipinski definition) is 4. The molecular weight excluding hydrogens is 486 g/mol. The maximum absolute atomic E-state index is 13.6. The molecule has 0 heterocycles. The average Bonchev–Trinajstić information content (AvgIpc) is 2.92. The summed E-state index contributed by atoms with van der Waals surface area (Å²) in [4.78, 5) is 28.6. The molecule has 0 saturated carbocycles. The Labute approximate surface area is 220 Å². The Hall–Kier alpha value is -3.49. The highest BCUT2D eigenvalue weighted by molar-refractivity contribution is 7.89. The van der Waals surface area contributed by atoms with Crippen LogP contribution in [0.5, 0.6) is 0 Å². The highest BCUT2D eigenvalue weighted by Gasteiger charge is 2.30. The lowest BCUT2D eigenvalue weighted by atomic mass is 10.0. The van der Waals surface area contributed by atoms with Gasteiger partial charge in [-0.3, -0.25) is 9.59 Å². The molecule has 3 rings (SSSR count). The summed E-state index contributed by atoms with van der Waals surface area (Å²) in [5.41, 5.74) is 1.88. The molecular formula is C29H35N3O4S. The Morgan fingerprint density at radius 3 is 1.95 bits per heavy atom. The summed E-state index contributed by atoms with van der Waals surface area (Å²) in [5, 5.41) is 2.88. The maximum atomic E-state index is 13.6. The minimum absolute atomic E-state index is 0.117. The number of carbonyl (C=O) groups is 2. The van der Waals surface area contributed by atoms with Crippen molar-refractivity contribution in [3.8, 4) is 0 Å². The first-order valence-corrected chi connectivity index (χ1v) is 13.9. The standard InChI is InChI=1S/C29H35N3O4S/c1-3-30-29(34)27(22-24-14-7-4-8-15-24)32(23-25-16-9-5-10-17-25)28(33)20-13-21-31(2)37(35,36)26-18-11-6-12-19-26/h4-12,14-19,27H,3,13,20-23H2,1-2H3,(H,30,34)/t27-/m0/s1. The molecule has 0 bridgehead atoms. The van der Waals surface area contributed by atoms with Gasteiger partial charge in [-0.05, 0) is 36.6 Å². The SMILES string of the molecule is CCNC(=O)[C@H](Cc1ccccc1)N(Cc1ccccc1)C(=O)CCCN(C)S(=O)(=O)c1ccccc1. The number of likely N-dealkylation sites (N-methyl/N-ethyl adjacent to an activating group) is 1. The van der Waals surface area contributed by atoms with Gasteiger partial charge in [0, 0.05) is 39.5 Å². The lowest BCUT2D eigenvalue weighted by Crippen LogP contribution is -2.50. The summed E-state index contributed by atoms with van der Waals surface area (Å²) in [6.45, 7) is 2.78. The minimum atomic E-state index is -3.64. The largest absolute Gasteiger partial charge is 0.355 e. The van der Waals surface area contributed by atoms with Crippen LogP contribution in [0.2, 0.25) is 0 Å². The molecule has 0 radical (unpaired) electrons. The third-order valence-electron chi connectivity index (χ3n) is 6.13. The van der Waals surface area contributed by atoms with E-state index in [-0.39, 0.29) is 36.2 Å². The van der Waals surface area contributed by atoms with Crippen LogP contribution in [-0.2, 0) is 32.6 Å².